The van der Waals surface area contributed by atoms with Crippen LogP contribution in [0.1, 0.15) is 17.0 Å². The average molecular weight is 367 g/mol. The molecule has 0 aromatic carbocycles. The summed E-state index contributed by atoms with van der Waals surface area (Å²) in [5, 5.41) is 4.63. The first kappa shape index (κ1) is 16.1. The van der Waals surface area contributed by atoms with Crippen LogP contribution in [0, 0.1) is 5.92 Å². The van der Waals surface area contributed by atoms with E-state index in [-0.39, 0.29) is 5.56 Å². The number of fused-ring (bicyclic) bond motifs is 2. The Bertz CT molecular complexity index is 972. The standard InChI is InChI=1S/C19H21N5OS/c25-19-7-15-13-26-6-4-17(15)21-24(19)10-14-8-22(9-14)11-16-12-23-5-2-1-3-18(23)20-16/h1-3,5,7,12,14H,4,6,8-11,13H2. The molecule has 5 rings (SSSR count). The Hall–Kier alpha value is -2.12. The molecule has 1 fully saturated rings. The van der Waals surface area contributed by atoms with Crippen LogP contribution >= 0.6 is 11.8 Å². The number of imidazole rings is 1. The molecule has 0 spiro atoms. The molecule has 0 atom stereocenters. The molecule has 6 nitrogen and oxygen atoms in total. The molecular weight excluding hydrogens is 346 g/mol. The maximum atomic E-state index is 12.3. The zero-order valence-electron chi connectivity index (χ0n) is 14.5. The monoisotopic (exact) mass is 367 g/mol. The van der Waals surface area contributed by atoms with E-state index in [1.165, 1.54) is 0 Å². The van der Waals surface area contributed by atoms with Crippen molar-refractivity contribution in [3.05, 3.63) is 64.0 Å². The van der Waals surface area contributed by atoms with Gasteiger partial charge in [0, 0.05) is 56.2 Å². The fourth-order valence-corrected chi connectivity index (χ4v) is 4.79. The number of hydrogen-bond acceptors (Lipinski definition) is 5. The molecule has 1 saturated heterocycles. The van der Waals surface area contributed by atoms with Gasteiger partial charge in [-0.3, -0.25) is 9.69 Å². The number of rotatable bonds is 4. The summed E-state index contributed by atoms with van der Waals surface area (Å²) >= 11 is 1.88. The SMILES string of the molecule is O=c1cc2c(nn1CC1CN(Cc3cn4ccccc4n3)C1)CCSC2. The third-order valence-corrected chi connectivity index (χ3v) is 6.18. The van der Waals surface area contributed by atoms with Gasteiger partial charge < -0.3 is 4.40 Å². The van der Waals surface area contributed by atoms with E-state index < -0.39 is 0 Å². The van der Waals surface area contributed by atoms with Crippen LogP contribution in [0.4, 0.5) is 0 Å². The first-order valence-electron chi connectivity index (χ1n) is 9.07. The molecule has 134 valence electrons. The largest absolute Gasteiger partial charge is 0.307 e. The average Bonchev–Trinajstić information content (AvgIpc) is 3.02. The third-order valence-electron chi connectivity index (χ3n) is 5.17. The van der Waals surface area contributed by atoms with E-state index >= 15 is 0 Å². The van der Waals surface area contributed by atoms with Crippen molar-refractivity contribution >= 4 is 17.4 Å². The summed E-state index contributed by atoms with van der Waals surface area (Å²) in [6.45, 7) is 3.58. The highest BCUT2D eigenvalue weighted by Gasteiger charge is 2.28. The van der Waals surface area contributed by atoms with Crippen LogP contribution in [-0.2, 0) is 25.3 Å². The predicted molar refractivity (Wildman–Crippen MR) is 102 cm³/mol. The van der Waals surface area contributed by atoms with Crippen molar-refractivity contribution in [2.24, 2.45) is 5.92 Å². The van der Waals surface area contributed by atoms with Gasteiger partial charge in [0.1, 0.15) is 5.65 Å². The zero-order chi connectivity index (χ0) is 17.5. The van der Waals surface area contributed by atoms with Gasteiger partial charge in [-0.25, -0.2) is 9.67 Å². The van der Waals surface area contributed by atoms with Crippen LogP contribution in [0.3, 0.4) is 0 Å². The van der Waals surface area contributed by atoms with Crippen molar-refractivity contribution < 1.29 is 0 Å². The third kappa shape index (κ3) is 3.05. The van der Waals surface area contributed by atoms with E-state index in [2.05, 4.69) is 25.6 Å². The molecule has 0 radical (unpaired) electrons. The minimum Gasteiger partial charge on any atom is -0.307 e. The lowest BCUT2D eigenvalue weighted by atomic mass is 10.00. The summed E-state index contributed by atoms with van der Waals surface area (Å²) in [5.74, 6) is 2.52. The van der Waals surface area contributed by atoms with Crippen molar-refractivity contribution in [2.45, 2.75) is 25.3 Å². The second kappa shape index (κ2) is 6.55. The van der Waals surface area contributed by atoms with Gasteiger partial charge in [0.05, 0.1) is 17.9 Å². The van der Waals surface area contributed by atoms with Crippen LogP contribution in [0.25, 0.3) is 5.65 Å². The summed E-state index contributed by atoms with van der Waals surface area (Å²) in [6, 6.07) is 7.84. The summed E-state index contributed by atoms with van der Waals surface area (Å²) in [6.07, 6.45) is 5.10. The Kier molecular flexibility index (Phi) is 4.05. The molecule has 3 aromatic heterocycles. The zero-order valence-corrected chi connectivity index (χ0v) is 15.4. The Morgan fingerprint density at radius 1 is 1.27 bits per heavy atom. The van der Waals surface area contributed by atoms with Crippen LogP contribution in [-0.4, -0.2) is 42.9 Å². The smallest absolute Gasteiger partial charge is 0.267 e. The molecule has 2 aliphatic heterocycles. The van der Waals surface area contributed by atoms with Crippen molar-refractivity contribution in [3.8, 4) is 0 Å². The number of nitrogens with zero attached hydrogens (tertiary/aromatic N) is 5. The van der Waals surface area contributed by atoms with Crippen molar-refractivity contribution in [2.75, 3.05) is 18.8 Å². The van der Waals surface area contributed by atoms with Gasteiger partial charge >= 0.3 is 0 Å². The Morgan fingerprint density at radius 2 is 2.19 bits per heavy atom. The highest BCUT2D eigenvalue weighted by atomic mass is 32.2. The second-order valence-corrected chi connectivity index (χ2v) is 8.30. The summed E-state index contributed by atoms with van der Waals surface area (Å²) in [4.78, 5) is 19.3. The molecule has 0 N–H and O–H groups in total. The fraction of sp³-hybridized carbons (Fsp3) is 0.421. The van der Waals surface area contributed by atoms with Gasteiger partial charge in [-0.15, -0.1) is 0 Å². The van der Waals surface area contributed by atoms with Crippen LogP contribution < -0.4 is 5.56 Å². The molecule has 2 aliphatic rings. The summed E-state index contributed by atoms with van der Waals surface area (Å²) < 4.78 is 3.74. The minimum atomic E-state index is 0.0463. The highest BCUT2D eigenvalue weighted by molar-refractivity contribution is 7.98. The Morgan fingerprint density at radius 3 is 3.08 bits per heavy atom. The van der Waals surface area contributed by atoms with Crippen LogP contribution in [0.5, 0.6) is 0 Å². The molecule has 0 unspecified atom stereocenters. The molecule has 3 aromatic rings. The van der Waals surface area contributed by atoms with Crippen LogP contribution in [0.2, 0.25) is 0 Å². The quantitative estimate of drug-likeness (QED) is 0.704. The maximum absolute atomic E-state index is 12.3. The lowest BCUT2D eigenvalue weighted by Gasteiger charge is -2.38. The van der Waals surface area contributed by atoms with Gasteiger partial charge in [0.25, 0.3) is 5.56 Å². The second-order valence-electron chi connectivity index (χ2n) is 7.20. The van der Waals surface area contributed by atoms with Gasteiger partial charge in [-0.1, -0.05) is 6.07 Å². The fourth-order valence-electron chi connectivity index (χ4n) is 3.84. The molecule has 0 bridgehead atoms. The number of pyridine rings is 1. The maximum Gasteiger partial charge on any atom is 0.267 e. The Labute approximate surface area is 155 Å². The molecule has 5 heterocycles. The Balaban J connectivity index is 1.21. The van der Waals surface area contributed by atoms with E-state index in [1.54, 1.807) is 10.7 Å². The topological polar surface area (TPSA) is 55.4 Å². The first-order chi connectivity index (χ1) is 12.7. The number of aryl methyl sites for hydroxylation is 1. The summed E-state index contributed by atoms with van der Waals surface area (Å²) in [7, 11) is 0. The molecule has 26 heavy (non-hydrogen) atoms. The van der Waals surface area contributed by atoms with Crippen molar-refractivity contribution in [1.82, 2.24) is 24.1 Å². The lowest BCUT2D eigenvalue weighted by molar-refractivity contribution is 0.0754. The first-order valence-corrected chi connectivity index (χ1v) is 10.2. The lowest BCUT2D eigenvalue weighted by Crippen LogP contribution is -2.49. The molecular formula is C19H21N5OS. The van der Waals surface area contributed by atoms with E-state index in [0.29, 0.717) is 5.92 Å². The summed E-state index contributed by atoms with van der Waals surface area (Å²) in [5.41, 5.74) is 4.37. The van der Waals surface area contributed by atoms with E-state index in [9.17, 15) is 4.79 Å². The van der Waals surface area contributed by atoms with Gasteiger partial charge in [0.15, 0.2) is 0 Å². The van der Waals surface area contributed by atoms with Gasteiger partial charge in [-0.05, 0) is 23.4 Å². The normalized spacial score (nSPS) is 18.0. The predicted octanol–water partition coefficient (Wildman–Crippen LogP) is 1.81. The van der Waals surface area contributed by atoms with Crippen LogP contribution in [0.15, 0.2) is 41.5 Å². The molecule has 7 heteroatoms. The van der Waals surface area contributed by atoms with E-state index in [1.807, 2.05) is 36.2 Å². The van der Waals surface area contributed by atoms with E-state index in [4.69, 9.17) is 0 Å². The van der Waals surface area contributed by atoms with Gasteiger partial charge in [-0.2, -0.15) is 16.9 Å². The van der Waals surface area contributed by atoms with Crippen molar-refractivity contribution in [1.29, 1.82) is 0 Å². The van der Waals surface area contributed by atoms with Gasteiger partial charge in [0.2, 0.25) is 0 Å². The molecule has 0 saturated carbocycles. The number of thioether (sulfide) groups is 1. The molecule has 0 aliphatic carbocycles. The molecule has 0 amide bonds. The van der Waals surface area contributed by atoms with E-state index in [0.717, 1.165) is 66.7 Å². The van der Waals surface area contributed by atoms with Crippen molar-refractivity contribution in [3.63, 3.8) is 0 Å². The minimum absolute atomic E-state index is 0.0463. The number of hydrogen-bond donors (Lipinski definition) is 0. The highest BCUT2D eigenvalue weighted by Crippen LogP contribution is 2.23. The number of likely N-dealkylation sites (tertiary alicyclic amines) is 1. The number of aromatic nitrogens is 4.